The summed E-state index contributed by atoms with van der Waals surface area (Å²) in [5, 5.41) is 3.35. The third-order valence-electron chi connectivity index (χ3n) is 3.20. The number of carbonyl (C=O) groups is 1. The molecule has 4 nitrogen and oxygen atoms in total. The third kappa shape index (κ3) is 3.20. The van der Waals surface area contributed by atoms with Crippen molar-refractivity contribution in [3.05, 3.63) is 30.1 Å². The zero-order chi connectivity index (χ0) is 13.0. The summed E-state index contributed by atoms with van der Waals surface area (Å²) in [4.78, 5) is 12.9. The molecule has 1 aliphatic rings. The second kappa shape index (κ2) is 5.82. The third-order valence-corrected chi connectivity index (χ3v) is 3.20. The van der Waals surface area contributed by atoms with E-state index in [0.29, 0.717) is 12.2 Å². The number of primary amides is 1. The molecule has 1 heterocycles. The first kappa shape index (κ1) is 12.8. The molecule has 0 spiro atoms. The molecule has 1 aromatic carbocycles. The highest BCUT2D eigenvalue weighted by Crippen LogP contribution is 2.17. The number of nitrogens with zero attached hydrogens (tertiary/aromatic N) is 1. The predicted molar refractivity (Wildman–Crippen MR) is 69.0 cm³/mol. The van der Waals surface area contributed by atoms with E-state index in [-0.39, 0.29) is 11.9 Å². The fraction of sp³-hybridized carbons (Fsp3) is 0.462. The lowest BCUT2D eigenvalue weighted by molar-refractivity contribution is 0.252. The maximum atomic E-state index is 13.2. The number of piperidine rings is 1. The van der Waals surface area contributed by atoms with Gasteiger partial charge in [-0.05, 0) is 37.6 Å². The fourth-order valence-corrected chi connectivity index (χ4v) is 2.27. The van der Waals surface area contributed by atoms with Crippen LogP contribution in [0.5, 0.6) is 0 Å². The first-order valence-electron chi connectivity index (χ1n) is 6.23. The number of carbonyl (C=O) groups excluding carboxylic acids is 1. The van der Waals surface area contributed by atoms with Crippen molar-refractivity contribution in [3.8, 4) is 0 Å². The van der Waals surface area contributed by atoms with E-state index in [4.69, 9.17) is 5.73 Å². The molecular weight excluding hydrogens is 233 g/mol. The van der Waals surface area contributed by atoms with E-state index in [1.54, 1.807) is 12.1 Å². The van der Waals surface area contributed by atoms with Gasteiger partial charge >= 0.3 is 6.03 Å². The Morgan fingerprint density at radius 2 is 2.33 bits per heavy atom. The summed E-state index contributed by atoms with van der Waals surface area (Å²) in [5.41, 5.74) is 5.88. The molecule has 2 rings (SSSR count). The lowest BCUT2D eigenvalue weighted by atomic mass is 10.0. The zero-order valence-corrected chi connectivity index (χ0v) is 10.2. The van der Waals surface area contributed by atoms with Crippen LogP contribution in [0.15, 0.2) is 24.3 Å². The molecule has 0 saturated carbocycles. The molecule has 1 atom stereocenters. The van der Waals surface area contributed by atoms with Crippen molar-refractivity contribution in [1.82, 2.24) is 5.32 Å². The van der Waals surface area contributed by atoms with E-state index in [9.17, 15) is 9.18 Å². The number of halogens is 1. The number of hydrogen-bond acceptors (Lipinski definition) is 2. The molecule has 1 aromatic rings. The standard InChI is InChI=1S/C13H18FN3O/c14-10-4-3-6-12(8-10)17(13(15)18)9-11-5-1-2-7-16-11/h3-4,6,8,11,16H,1-2,5,7,9H2,(H2,15,18). The number of anilines is 1. The van der Waals surface area contributed by atoms with Crippen LogP contribution in [0.4, 0.5) is 14.9 Å². The van der Waals surface area contributed by atoms with E-state index in [2.05, 4.69) is 5.32 Å². The van der Waals surface area contributed by atoms with Crippen LogP contribution in [0.1, 0.15) is 19.3 Å². The van der Waals surface area contributed by atoms with Gasteiger partial charge in [-0.25, -0.2) is 9.18 Å². The Morgan fingerprint density at radius 3 is 2.94 bits per heavy atom. The Balaban J connectivity index is 2.10. The second-order valence-electron chi connectivity index (χ2n) is 4.58. The van der Waals surface area contributed by atoms with Gasteiger partial charge in [0.1, 0.15) is 5.82 Å². The van der Waals surface area contributed by atoms with Crippen LogP contribution < -0.4 is 16.0 Å². The van der Waals surface area contributed by atoms with E-state index in [0.717, 1.165) is 25.8 Å². The topological polar surface area (TPSA) is 58.4 Å². The molecule has 0 bridgehead atoms. The monoisotopic (exact) mass is 251 g/mol. The van der Waals surface area contributed by atoms with E-state index in [1.807, 2.05) is 0 Å². The SMILES string of the molecule is NC(=O)N(CC1CCCCN1)c1cccc(F)c1. The van der Waals surface area contributed by atoms with Crippen LogP contribution in [0.2, 0.25) is 0 Å². The molecule has 98 valence electrons. The van der Waals surface area contributed by atoms with Gasteiger partial charge in [-0.3, -0.25) is 4.90 Å². The van der Waals surface area contributed by atoms with Crippen molar-refractivity contribution in [1.29, 1.82) is 0 Å². The highest BCUT2D eigenvalue weighted by Gasteiger charge is 2.20. The van der Waals surface area contributed by atoms with Crippen LogP contribution in [-0.4, -0.2) is 25.2 Å². The highest BCUT2D eigenvalue weighted by atomic mass is 19.1. The minimum Gasteiger partial charge on any atom is -0.351 e. The van der Waals surface area contributed by atoms with Crippen LogP contribution in [0.25, 0.3) is 0 Å². The number of nitrogens with two attached hydrogens (primary N) is 1. The van der Waals surface area contributed by atoms with Crippen LogP contribution in [-0.2, 0) is 0 Å². The summed E-state index contributed by atoms with van der Waals surface area (Å²) in [6.45, 7) is 1.44. The van der Waals surface area contributed by atoms with Gasteiger partial charge in [0.05, 0.1) is 0 Å². The molecular formula is C13H18FN3O. The second-order valence-corrected chi connectivity index (χ2v) is 4.58. The molecule has 1 saturated heterocycles. The number of benzene rings is 1. The molecule has 1 fully saturated rings. The lowest BCUT2D eigenvalue weighted by Crippen LogP contribution is -2.47. The molecule has 1 unspecified atom stereocenters. The average Bonchev–Trinajstić information content (AvgIpc) is 2.37. The Hall–Kier alpha value is -1.62. The lowest BCUT2D eigenvalue weighted by Gasteiger charge is -2.29. The molecule has 3 N–H and O–H groups in total. The number of urea groups is 1. The summed E-state index contributed by atoms with van der Waals surface area (Å²) >= 11 is 0. The van der Waals surface area contributed by atoms with Crippen molar-refractivity contribution in [3.63, 3.8) is 0 Å². The molecule has 18 heavy (non-hydrogen) atoms. The van der Waals surface area contributed by atoms with Gasteiger partial charge < -0.3 is 11.1 Å². The zero-order valence-electron chi connectivity index (χ0n) is 10.2. The largest absolute Gasteiger partial charge is 0.351 e. The van der Waals surface area contributed by atoms with Gasteiger partial charge in [0.2, 0.25) is 0 Å². The number of rotatable bonds is 3. The highest BCUT2D eigenvalue weighted by molar-refractivity contribution is 5.90. The molecule has 0 radical (unpaired) electrons. The normalized spacial score (nSPS) is 19.5. The van der Waals surface area contributed by atoms with Gasteiger partial charge in [-0.2, -0.15) is 0 Å². The van der Waals surface area contributed by atoms with Gasteiger partial charge in [-0.15, -0.1) is 0 Å². The molecule has 5 heteroatoms. The number of hydrogen-bond donors (Lipinski definition) is 2. The molecule has 0 aromatic heterocycles. The van der Waals surface area contributed by atoms with E-state index >= 15 is 0 Å². The Kier molecular flexibility index (Phi) is 4.15. The maximum Gasteiger partial charge on any atom is 0.319 e. The van der Waals surface area contributed by atoms with Crippen molar-refractivity contribution in [2.75, 3.05) is 18.0 Å². The minimum absolute atomic E-state index is 0.231. The van der Waals surface area contributed by atoms with Crippen molar-refractivity contribution in [2.24, 2.45) is 5.73 Å². The first-order valence-corrected chi connectivity index (χ1v) is 6.23. The van der Waals surface area contributed by atoms with Crippen LogP contribution >= 0.6 is 0 Å². The molecule has 0 aliphatic carbocycles. The van der Waals surface area contributed by atoms with E-state index < -0.39 is 6.03 Å². The summed E-state index contributed by atoms with van der Waals surface area (Å²) in [5.74, 6) is -0.365. The Bertz CT molecular complexity index is 418. The number of nitrogens with one attached hydrogen (secondary N) is 1. The fourth-order valence-electron chi connectivity index (χ4n) is 2.27. The summed E-state index contributed by atoms with van der Waals surface area (Å²) in [7, 11) is 0. The quantitative estimate of drug-likeness (QED) is 0.861. The summed E-state index contributed by atoms with van der Waals surface area (Å²) in [6, 6.07) is 5.63. The number of amides is 2. The Morgan fingerprint density at radius 1 is 1.50 bits per heavy atom. The smallest absolute Gasteiger partial charge is 0.319 e. The van der Waals surface area contributed by atoms with Crippen molar-refractivity contribution < 1.29 is 9.18 Å². The van der Waals surface area contributed by atoms with Crippen LogP contribution in [0, 0.1) is 5.82 Å². The molecule has 2 amide bonds. The van der Waals surface area contributed by atoms with Gasteiger partial charge in [0.15, 0.2) is 0 Å². The van der Waals surface area contributed by atoms with E-state index in [1.165, 1.54) is 17.0 Å². The summed E-state index contributed by atoms with van der Waals surface area (Å²) < 4.78 is 13.2. The molecule has 1 aliphatic heterocycles. The van der Waals surface area contributed by atoms with Gasteiger partial charge in [0, 0.05) is 18.3 Å². The average molecular weight is 251 g/mol. The Labute approximate surface area is 106 Å². The van der Waals surface area contributed by atoms with Gasteiger partial charge in [-0.1, -0.05) is 12.5 Å². The maximum absolute atomic E-state index is 13.2. The van der Waals surface area contributed by atoms with Crippen LogP contribution in [0.3, 0.4) is 0 Å². The summed E-state index contributed by atoms with van der Waals surface area (Å²) in [6.07, 6.45) is 3.32. The van der Waals surface area contributed by atoms with Gasteiger partial charge in [0.25, 0.3) is 0 Å². The van der Waals surface area contributed by atoms with Crippen molar-refractivity contribution >= 4 is 11.7 Å². The van der Waals surface area contributed by atoms with Crippen molar-refractivity contribution in [2.45, 2.75) is 25.3 Å². The first-order chi connectivity index (χ1) is 8.66. The minimum atomic E-state index is -0.548. The predicted octanol–water partition coefficient (Wildman–Crippen LogP) is 1.85.